The van der Waals surface area contributed by atoms with Crippen LogP contribution in [0, 0.1) is 13.8 Å². The molecule has 1 aromatic heterocycles. The molecule has 3 N–H and O–H groups in total. The van der Waals surface area contributed by atoms with Gasteiger partial charge in [0.05, 0.1) is 0 Å². The molecular weight excluding hydrogens is 254 g/mol. The highest BCUT2D eigenvalue weighted by molar-refractivity contribution is 5.87. The molecule has 0 spiro atoms. The summed E-state index contributed by atoms with van der Waals surface area (Å²) in [5.41, 5.74) is 8.58. The van der Waals surface area contributed by atoms with E-state index in [-0.39, 0.29) is 5.91 Å². The van der Waals surface area contributed by atoms with Gasteiger partial charge < -0.3 is 15.8 Å². The first-order chi connectivity index (χ1) is 9.47. The Morgan fingerprint density at radius 1 is 1.25 bits per heavy atom. The zero-order valence-electron chi connectivity index (χ0n) is 11.7. The molecule has 20 heavy (non-hydrogen) atoms. The van der Waals surface area contributed by atoms with Crippen LogP contribution in [0.15, 0.2) is 30.5 Å². The summed E-state index contributed by atoms with van der Waals surface area (Å²) in [6.07, 6.45) is 1.58. The van der Waals surface area contributed by atoms with Gasteiger partial charge in [0, 0.05) is 24.9 Å². The Morgan fingerprint density at radius 2 is 2.00 bits per heavy atom. The summed E-state index contributed by atoms with van der Waals surface area (Å²) < 4.78 is 5.82. The van der Waals surface area contributed by atoms with Crippen LogP contribution in [0.25, 0.3) is 0 Å². The van der Waals surface area contributed by atoms with Gasteiger partial charge in [-0.25, -0.2) is 4.98 Å². The minimum atomic E-state index is -0.172. The fourth-order valence-corrected chi connectivity index (χ4v) is 1.78. The van der Waals surface area contributed by atoms with E-state index in [0.29, 0.717) is 11.6 Å². The van der Waals surface area contributed by atoms with Crippen LogP contribution < -0.4 is 15.8 Å². The molecule has 1 amide bonds. The van der Waals surface area contributed by atoms with E-state index < -0.39 is 0 Å². The molecule has 2 aromatic rings. The number of carbonyl (C=O) groups is 1. The molecule has 0 fully saturated rings. The number of hydrogen-bond acceptors (Lipinski definition) is 4. The lowest BCUT2D eigenvalue weighted by molar-refractivity contribution is -0.114. The first-order valence-electron chi connectivity index (χ1n) is 6.24. The van der Waals surface area contributed by atoms with Crippen LogP contribution >= 0.6 is 0 Å². The quantitative estimate of drug-likeness (QED) is 0.841. The van der Waals surface area contributed by atoms with Crippen LogP contribution in [0.4, 0.5) is 11.5 Å². The van der Waals surface area contributed by atoms with Gasteiger partial charge in [0.1, 0.15) is 17.3 Å². The summed E-state index contributed by atoms with van der Waals surface area (Å²) in [6, 6.07) is 7.05. The standard InChI is InChI=1S/C15H17N3O2/c1-9-10(2)14(5-4-13(9)16)20-12-6-7-17-15(8-12)18-11(3)19/h4-8H,16H2,1-3H3,(H,17,18,19). The highest BCUT2D eigenvalue weighted by atomic mass is 16.5. The van der Waals surface area contributed by atoms with E-state index >= 15 is 0 Å². The number of aromatic nitrogens is 1. The smallest absolute Gasteiger partial charge is 0.222 e. The van der Waals surface area contributed by atoms with Crippen LogP contribution in [-0.2, 0) is 4.79 Å². The first-order valence-corrected chi connectivity index (χ1v) is 6.24. The fourth-order valence-electron chi connectivity index (χ4n) is 1.78. The summed E-state index contributed by atoms with van der Waals surface area (Å²) in [5.74, 6) is 1.63. The number of benzene rings is 1. The Balaban J connectivity index is 2.26. The van der Waals surface area contributed by atoms with Crippen molar-refractivity contribution < 1.29 is 9.53 Å². The summed E-state index contributed by atoms with van der Waals surface area (Å²) in [5, 5.41) is 2.62. The van der Waals surface area contributed by atoms with Gasteiger partial charge in [0.15, 0.2) is 0 Å². The fraction of sp³-hybridized carbons (Fsp3) is 0.200. The number of nitrogens with two attached hydrogens (primary N) is 1. The Labute approximate surface area is 117 Å². The van der Waals surface area contributed by atoms with Gasteiger partial charge in [-0.05, 0) is 43.2 Å². The van der Waals surface area contributed by atoms with E-state index in [9.17, 15) is 4.79 Å². The van der Waals surface area contributed by atoms with Crippen molar-refractivity contribution in [1.82, 2.24) is 4.98 Å². The number of anilines is 2. The maximum Gasteiger partial charge on any atom is 0.222 e. The average molecular weight is 271 g/mol. The predicted molar refractivity (Wildman–Crippen MR) is 78.9 cm³/mol. The van der Waals surface area contributed by atoms with Crippen LogP contribution in [0.5, 0.6) is 11.5 Å². The van der Waals surface area contributed by atoms with Crippen LogP contribution in [0.3, 0.4) is 0 Å². The van der Waals surface area contributed by atoms with Crippen molar-refractivity contribution in [2.24, 2.45) is 0 Å². The van der Waals surface area contributed by atoms with Crippen LogP contribution in [-0.4, -0.2) is 10.9 Å². The van der Waals surface area contributed by atoms with Crippen molar-refractivity contribution in [3.63, 3.8) is 0 Å². The van der Waals surface area contributed by atoms with Gasteiger partial charge in [-0.2, -0.15) is 0 Å². The molecular formula is C15H17N3O2. The van der Waals surface area contributed by atoms with Gasteiger partial charge in [-0.15, -0.1) is 0 Å². The number of pyridine rings is 1. The van der Waals surface area contributed by atoms with Crippen LogP contribution in [0.2, 0.25) is 0 Å². The van der Waals surface area contributed by atoms with E-state index in [2.05, 4.69) is 10.3 Å². The Hall–Kier alpha value is -2.56. The first kappa shape index (κ1) is 13.9. The average Bonchev–Trinajstić information content (AvgIpc) is 2.39. The third-order valence-corrected chi connectivity index (χ3v) is 3.04. The molecule has 0 aliphatic heterocycles. The van der Waals surface area contributed by atoms with Crippen molar-refractivity contribution in [3.8, 4) is 11.5 Å². The van der Waals surface area contributed by atoms with Gasteiger partial charge in [-0.1, -0.05) is 0 Å². The molecule has 0 aliphatic rings. The minimum Gasteiger partial charge on any atom is -0.457 e. The zero-order chi connectivity index (χ0) is 14.7. The van der Waals surface area contributed by atoms with Crippen molar-refractivity contribution >= 4 is 17.4 Å². The predicted octanol–water partition coefficient (Wildman–Crippen LogP) is 3.03. The van der Waals surface area contributed by atoms with E-state index in [0.717, 1.165) is 22.6 Å². The number of ether oxygens (including phenoxy) is 1. The molecule has 0 saturated carbocycles. The summed E-state index contributed by atoms with van der Waals surface area (Å²) in [7, 11) is 0. The van der Waals surface area contributed by atoms with Crippen LogP contribution in [0.1, 0.15) is 18.1 Å². The molecule has 0 bridgehead atoms. The molecule has 0 saturated heterocycles. The monoisotopic (exact) mass is 271 g/mol. The third-order valence-electron chi connectivity index (χ3n) is 3.04. The number of nitrogen functional groups attached to an aromatic ring is 1. The topological polar surface area (TPSA) is 77.2 Å². The number of carbonyl (C=O) groups excluding carboxylic acids is 1. The number of hydrogen-bond donors (Lipinski definition) is 2. The molecule has 2 rings (SSSR count). The third kappa shape index (κ3) is 3.06. The Kier molecular flexibility index (Phi) is 3.89. The largest absolute Gasteiger partial charge is 0.457 e. The molecule has 0 atom stereocenters. The Morgan fingerprint density at radius 3 is 2.70 bits per heavy atom. The van der Waals surface area contributed by atoms with Gasteiger partial charge in [0.25, 0.3) is 0 Å². The maximum atomic E-state index is 11.0. The van der Waals surface area contributed by atoms with E-state index in [1.807, 2.05) is 26.0 Å². The van der Waals surface area contributed by atoms with Crippen molar-refractivity contribution in [2.45, 2.75) is 20.8 Å². The van der Waals surface area contributed by atoms with Crippen molar-refractivity contribution in [2.75, 3.05) is 11.1 Å². The molecule has 5 nitrogen and oxygen atoms in total. The van der Waals surface area contributed by atoms with Gasteiger partial charge in [-0.3, -0.25) is 4.79 Å². The second kappa shape index (κ2) is 5.61. The highest BCUT2D eigenvalue weighted by Gasteiger charge is 2.07. The molecule has 1 heterocycles. The normalized spacial score (nSPS) is 10.2. The molecule has 0 unspecified atom stereocenters. The molecule has 104 valence electrons. The molecule has 0 radical (unpaired) electrons. The van der Waals surface area contributed by atoms with Gasteiger partial charge >= 0.3 is 0 Å². The highest BCUT2D eigenvalue weighted by Crippen LogP contribution is 2.30. The number of rotatable bonds is 3. The van der Waals surface area contributed by atoms with E-state index in [1.165, 1.54) is 6.92 Å². The van der Waals surface area contributed by atoms with Crippen molar-refractivity contribution in [1.29, 1.82) is 0 Å². The summed E-state index contributed by atoms with van der Waals surface area (Å²) in [6.45, 7) is 5.34. The number of nitrogens with zero attached hydrogens (tertiary/aromatic N) is 1. The lowest BCUT2D eigenvalue weighted by atomic mass is 10.1. The second-order valence-electron chi connectivity index (χ2n) is 4.56. The maximum absolute atomic E-state index is 11.0. The van der Waals surface area contributed by atoms with E-state index in [1.54, 1.807) is 18.3 Å². The number of amides is 1. The molecule has 0 aliphatic carbocycles. The number of nitrogens with one attached hydrogen (secondary N) is 1. The second-order valence-corrected chi connectivity index (χ2v) is 4.56. The summed E-state index contributed by atoms with van der Waals surface area (Å²) >= 11 is 0. The minimum absolute atomic E-state index is 0.172. The lowest BCUT2D eigenvalue weighted by Gasteiger charge is -2.12. The van der Waals surface area contributed by atoms with Gasteiger partial charge in [0.2, 0.25) is 5.91 Å². The zero-order valence-corrected chi connectivity index (χ0v) is 11.7. The molecule has 1 aromatic carbocycles. The lowest BCUT2D eigenvalue weighted by Crippen LogP contribution is -2.07. The van der Waals surface area contributed by atoms with Crippen molar-refractivity contribution in [3.05, 3.63) is 41.6 Å². The molecule has 5 heteroatoms. The summed E-state index contributed by atoms with van der Waals surface area (Å²) in [4.78, 5) is 15.1. The Bertz CT molecular complexity index is 654. The van der Waals surface area contributed by atoms with E-state index in [4.69, 9.17) is 10.5 Å². The SMILES string of the molecule is CC(=O)Nc1cc(Oc2ccc(N)c(C)c2C)ccn1.